The molecule has 1 aromatic carbocycles. The Morgan fingerprint density at radius 1 is 1.10 bits per heavy atom. The summed E-state index contributed by atoms with van der Waals surface area (Å²) < 4.78 is 16.9. The summed E-state index contributed by atoms with van der Waals surface area (Å²) in [4.78, 5) is 7.29. The van der Waals surface area contributed by atoms with Crippen molar-refractivity contribution in [1.29, 1.82) is 0 Å². The van der Waals surface area contributed by atoms with E-state index in [-0.39, 0.29) is 6.04 Å². The summed E-state index contributed by atoms with van der Waals surface area (Å²) in [5.41, 5.74) is 1.13. The zero-order valence-corrected chi connectivity index (χ0v) is 19.4. The molecule has 1 aliphatic heterocycles. The first-order valence-corrected chi connectivity index (χ1v) is 11.3. The lowest BCUT2D eigenvalue weighted by molar-refractivity contribution is 0.0323. The van der Waals surface area contributed by atoms with Gasteiger partial charge in [-0.2, -0.15) is 0 Å². The van der Waals surface area contributed by atoms with E-state index in [1.54, 1.807) is 0 Å². The minimum absolute atomic E-state index is 0.0900. The van der Waals surface area contributed by atoms with E-state index in [1.807, 2.05) is 19.9 Å². The molecule has 7 nitrogen and oxygen atoms in total. The van der Waals surface area contributed by atoms with Gasteiger partial charge in [-0.05, 0) is 51.3 Å². The highest BCUT2D eigenvalue weighted by Crippen LogP contribution is 2.30. The number of benzene rings is 1. The van der Waals surface area contributed by atoms with Crippen molar-refractivity contribution in [1.82, 2.24) is 15.5 Å². The summed E-state index contributed by atoms with van der Waals surface area (Å²) in [5, 5.41) is 6.89. The Balaban J connectivity index is 1.98. The lowest BCUT2D eigenvalue weighted by atomic mass is 10.1. The van der Waals surface area contributed by atoms with Crippen LogP contribution < -0.4 is 20.1 Å². The third-order valence-corrected chi connectivity index (χ3v) is 5.00. The van der Waals surface area contributed by atoms with Crippen molar-refractivity contribution in [2.24, 2.45) is 10.9 Å². The molecule has 2 atom stereocenters. The number of hydrogen-bond donors (Lipinski definition) is 2. The molecule has 1 aromatic rings. The van der Waals surface area contributed by atoms with Crippen LogP contribution >= 0.6 is 0 Å². The molecule has 1 heterocycles. The quantitative estimate of drug-likeness (QED) is 0.424. The molecule has 7 heteroatoms. The van der Waals surface area contributed by atoms with E-state index >= 15 is 0 Å². The molecule has 0 amide bonds. The van der Waals surface area contributed by atoms with Crippen molar-refractivity contribution >= 4 is 5.96 Å². The largest absolute Gasteiger partial charge is 0.490 e. The number of morpholine rings is 1. The number of ether oxygens (including phenoxy) is 3. The van der Waals surface area contributed by atoms with Crippen LogP contribution in [0.15, 0.2) is 23.2 Å². The van der Waals surface area contributed by atoms with E-state index in [9.17, 15) is 0 Å². The minimum atomic E-state index is 0.0900. The Labute approximate surface area is 182 Å². The van der Waals surface area contributed by atoms with Gasteiger partial charge in [0.15, 0.2) is 17.5 Å². The second-order valence-electron chi connectivity index (χ2n) is 7.68. The van der Waals surface area contributed by atoms with Crippen LogP contribution in [0.3, 0.4) is 0 Å². The van der Waals surface area contributed by atoms with Crippen molar-refractivity contribution in [2.75, 3.05) is 59.2 Å². The summed E-state index contributed by atoms with van der Waals surface area (Å²) in [6.45, 7) is 18.0. The van der Waals surface area contributed by atoms with Crippen molar-refractivity contribution in [2.45, 2.75) is 40.7 Å². The van der Waals surface area contributed by atoms with Crippen LogP contribution in [0.4, 0.5) is 0 Å². The summed E-state index contributed by atoms with van der Waals surface area (Å²) in [6, 6.07) is 6.20. The molecule has 0 aliphatic carbocycles. The number of nitrogens with zero attached hydrogens (tertiary/aromatic N) is 2. The zero-order valence-electron chi connectivity index (χ0n) is 19.4. The number of hydrogen-bond acceptors (Lipinski definition) is 5. The number of aliphatic imine (C=N–C) groups is 1. The molecule has 2 N–H and O–H groups in total. The first kappa shape index (κ1) is 24.3. The molecule has 2 unspecified atom stereocenters. The standard InChI is InChI=1S/C23H40N4O3/c1-6-24-23(25-16-18(4)17-27-11-13-28-14-12-27)26-19(5)20-9-10-21(29-7-2)22(15-20)30-8-3/h9-10,15,18-19H,6-8,11-14,16-17H2,1-5H3,(H2,24,25,26). The molecule has 170 valence electrons. The summed E-state index contributed by atoms with van der Waals surface area (Å²) in [6.07, 6.45) is 0. The molecular formula is C23H40N4O3. The van der Waals surface area contributed by atoms with Gasteiger partial charge in [0.05, 0.1) is 32.5 Å². The number of rotatable bonds is 11. The summed E-state index contributed by atoms with van der Waals surface area (Å²) >= 11 is 0. The van der Waals surface area contributed by atoms with E-state index < -0.39 is 0 Å². The van der Waals surface area contributed by atoms with Gasteiger partial charge in [0.1, 0.15) is 0 Å². The van der Waals surface area contributed by atoms with Crippen LogP contribution in [0.5, 0.6) is 11.5 Å². The van der Waals surface area contributed by atoms with Gasteiger partial charge < -0.3 is 24.8 Å². The van der Waals surface area contributed by atoms with Crippen molar-refractivity contribution in [3.8, 4) is 11.5 Å². The van der Waals surface area contributed by atoms with Gasteiger partial charge in [0, 0.05) is 32.7 Å². The third kappa shape index (κ3) is 8.03. The third-order valence-electron chi connectivity index (χ3n) is 5.00. The van der Waals surface area contributed by atoms with Gasteiger partial charge in [0.25, 0.3) is 0 Å². The fraction of sp³-hybridized carbons (Fsp3) is 0.696. The van der Waals surface area contributed by atoms with Crippen LogP contribution in [-0.2, 0) is 4.74 Å². The average Bonchev–Trinajstić information content (AvgIpc) is 2.74. The normalized spacial score (nSPS) is 17.3. The van der Waals surface area contributed by atoms with E-state index in [2.05, 4.69) is 48.4 Å². The topological polar surface area (TPSA) is 67.4 Å². The monoisotopic (exact) mass is 420 g/mol. The first-order valence-electron chi connectivity index (χ1n) is 11.3. The molecular weight excluding hydrogens is 380 g/mol. The second-order valence-corrected chi connectivity index (χ2v) is 7.68. The molecule has 1 saturated heterocycles. The molecule has 1 aliphatic rings. The van der Waals surface area contributed by atoms with E-state index in [4.69, 9.17) is 19.2 Å². The zero-order chi connectivity index (χ0) is 21.8. The SMILES string of the molecule is CCNC(=NCC(C)CN1CCOCC1)NC(C)c1ccc(OCC)c(OCC)c1. The smallest absolute Gasteiger partial charge is 0.191 e. The maximum Gasteiger partial charge on any atom is 0.191 e. The van der Waals surface area contributed by atoms with Crippen LogP contribution in [0, 0.1) is 5.92 Å². The maximum atomic E-state index is 5.77. The summed E-state index contributed by atoms with van der Waals surface area (Å²) in [5.74, 6) is 2.90. The molecule has 0 spiro atoms. The lowest BCUT2D eigenvalue weighted by Gasteiger charge is -2.28. The molecule has 0 bridgehead atoms. The molecule has 2 rings (SSSR count). The predicted octanol–water partition coefficient (Wildman–Crippen LogP) is 3.07. The Morgan fingerprint density at radius 2 is 1.80 bits per heavy atom. The van der Waals surface area contributed by atoms with Crippen molar-refractivity contribution in [3.63, 3.8) is 0 Å². The lowest BCUT2D eigenvalue weighted by Crippen LogP contribution is -2.41. The Morgan fingerprint density at radius 3 is 2.47 bits per heavy atom. The predicted molar refractivity (Wildman–Crippen MR) is 123 cm³/mol. The molecule has 0 saturated carbocycles. The van der Waals surface area contributed by atoms with Gasteiger partial charge in [-0.3, -0.25) is 9.89 Å². The number of guanidine groups is 1. The minimum Gasteiger partial charge on any atom is -0.490 e. The van der Waals surface area contributed by atoms with Gasteiger partial charge in [0.2, 0.25) is 0 Å². The Hall–Kier alpha value is -1.99. The van der Waals surface area contributed by atoms with Gasteiger partial charge in [-0.15, -0.1) is 0 Å². The van der Waals surface area contributed by atoms with Crippen LogP contribution in [-0.4, -0.2) is 70.0 Å². The van der Waals surface area contributed by atoms with Crippen molar-refractivity contribution in [3.05, 3.63) is 23.8 Å². The average molecular weight is 421 g/mol. The summed E-state index contributed by atoms with van der Waals surface area (Å²) in [7, 11) is 0. The molecule has 0 aromatic heterocycles. The van der Waals surface area contributed by atoms with Crippen LogP contribution in [0.25, 0.3) is 0 Å². The van der Waals surface area contributed by atoms with E-state index in [1.165, 1.54) is 0 Å². The molecule has 30 heavy (non-hydrogen) atoms. The highest BCUT2D eigenvalue weighted by atomic mass is 16.5. The fourth-order valence-electron chi connectivity index (χ4n) is 3.47. The molecule has 1 fully saturated rings. The van der Waals surface area contributed by atoms with Gasteiger partial charge in [-0.1, -0.05) is 13.0 Å². The van der Waals surface area contributed by atoms with Gasteiger partial charge >= 0.3 is 0 Å². The highest BCUT2D eigenvalue weighted by Gasteiger charge is 2.15. The van der Waals surface area contributed by atoms with Crippen LogP contribution in [0.2, 0.25) is 0 Å². The fourth-order valence-corrected chi connectivity index (χ4v) is 3.47. The van der Waals surface area contributed by atoms with Gasteiger partial charge in [-0.25, -0.2) is 0 Å². The Kier molecular flexibility index (Phi) is 10.8. The van der Waals surface area contributed by atoms with Crippen LogP contribution in [0.1, 0.15) is 46.2 Å². The second kappa shape index (κ2) is 13.3. The van der Waals surface area contributed by atoms with E-state index in [0.29, 0.717) is 19.1 Å². The first-order chi connectivity index (χ1) is 14.6. The highest BCUT2D eigenvalue weighted by molar-refractivity contribution is 5.80. The van der Waals surface area contributed by atoms with E-state index in [0.717, 1.165) is 69.0 Å². The van der Waals surface area contributed by atoms with Crippen molar-refractivity contribution < 1.29 is 14.2 Å². The maximum absolute atomic E-state index is 5.77. The molecule has 0 radical (unpaired) electrons. The number of nitrogens with one attached hydrogen (secondary N) is 2. The Bertz CT molecular complexity index is 647.